The molecule has 0 heterocycles. The predicted octanol–water partition coefficient (Wildman–Crippen LogP) is 5.95. The van der Waals surface area contributed by atoms with Gasteiger partial charge in [-0.2, -0.15) is 12.6 Å². The molecule has 0 radical (unpaired) electrons. The normalized spacial score (nSPS) is 13.1. The second-order valence-corrected chi connectivity index (χ2v) is 11.7. The molecule has 3 rings (SSSR count). The van der Waals surface area contributed by atoms with Crippen molar-refractivity contribution in [3.63, 3.8) is 0 Å². The summed E-state index contributed by atoms with van der Waals surface area (Å²) in [5.41, 5.74) is 9.91. The molecule has 8 nitrogen and oxygen atoms in total. The lowest BCUT2D eigenvalue weighted by molar-refractivity contribution is 0.466. The molecule has 42 heavy (non-hydrogen) atoms. The largest absolute Gasteiger partial charge is 0.508 e. The van der Waals surface area contributed by atoms with Crippen LogP contribution in [0.2, 0.25) is 0 Å². The van der Waals surface area contributed by atoms with Gasteiger partial charge in [-0.05, 0) is 99.7 Å². The predicted molar refractivity (Wildman–Crippen MR) is 180 cm³/mol. The Morgan fingerprint density at radius 3 is 2.40 bits per heavy atom. The first-order valence-corrected chi connectivity index (χ1v) is 15.4. The highest BCUT2D eigenvalue weighted by molar-refractivity contribution is 7.80. The molecule has 0 saturated heterocycles. The van der Waals surface area contributed by atoms with Crippen molar-refractivity contribution in [1.29, 1.82) is 0 Å². The number of phenolic OH excluding ortho intramolecular Hbond substituents is 1. The molecule has 0 aliphatic carbocycles. The van der Waals surface area contributed by atoms with Crippen LogP contribution in [-0.4, -0.2) is 48.2 Å². The molecule has 2 atom stereocenters. The number of nitrogens with zero attached hydrogens (tertiary/aromatic N) is 1. The summed E-state index contributed by atoms with van der Waals surface area (Å²) in [6.45, 7) is 11.0. The van der Waals surface area contributed by atoms with Gasteiger partial charge in [-0.3, -0.25) is 0 Å². The molecule has 3 aromatic rings. The van der Waals surface area contributed by atoms with Crippen molar-refractivity contribution in [2.24, 2.45) is 10.7 Å². The second kappa shape index (κ2) is 17.5. The summed E-state index contributed by atoms with van der Waals surface area (Å²) in [5.74, 6) is 2.14. The van der Waals surface area contributed by atoms with E-state index in [0.29, 0.717) is 29.9 Å². The fourth-order valence-electron chi connectivity index (χ4n) is 4.46. The van der Waals surface area contributed by atoms with Crippen LogP contribution >= 0.6 is 12.6 Å². The number of rotatable bonds is 17. The van der Waals surface area contributed by atoms with E-state index in [1.807, 2.05) is 61.5 Å². The van der Waals surface area contributed by atoms with Gasteiger partial charge in [0, 0.05) is 42.3 Å². The molecule has 228 valence electrons. The molecule has 2 unspecified atom stereocenters. The maximum absolute atomic E-state index is 10.4. The second-order valence-electron chi connectivity index (χ2n) is 11.0. The summed E-state index contributed by atoms with van der Waals surface area (Å²) >= 11 is 4.36. The van der Waals surface area contributed by atoms with Crippen LogP contribution in [0.1, 0.15) is 51.7 Å². The van der Waals surface area contributed by atoms with Gasteiger partial charge in [-0.15, -0.1) is 0 Å². The Hall–Kier alpha value is -3.40. The fraction of sp³-hybridized carbons (Fsp3) is 0.424. The zero-order valence-corrected chi connectivity index (χ0v) is 26.3. The Kier molecular flexibility index (Phi) is 13.8. The van der Waals surface area contributed by atoms with Crippen molar-refractivity contribution in [3.05, 3.63) is 77.9 Å². The minimum atomic E-state index is 0.124. The molecule has 9 heteroatoms. The van der Waals surface area contributed by atoms with Crippen molar-refractivity contribution in [2.45, 2.75) is 70.8 Å². The number of nitrogens with two attached hydrogens (primary N) is 1. The number of anilines is 1. The number of unbranched alkanes of at least 4 members (excludes halogenated alkanes) is 1. The van der Waals surface area contributed by atoms with Gasteiger partial charge in [0.25, 0.3) is 0 Å². The van der Waals surface area contributed by atoms with E-state index in [1.54, 1.807) is 6.07 Å². The van der Waals surface area contributed by atoms with Crippen molar-refractivity contribution in [1.82, 2.24) is 16.0 Å². The van der Waals surface area contributed by atoms with Gasteiger partial charge >= 0.3 is 0 Å². The molecule has 0 aliphatic heterocycles. The molecule has 3 aromatic carbocycles. The van der Waals surface area contributed by atoms with Gasteiger partial charge in [0.1, 0.15) is 17.2 Å². The number of aliphatic imine (C=N–C) groups is 1. The smallest absolute Gasteiger partial charge is 0.193 e. The van der Waals surface area contributed by atoms with Gasteiger partial charge in [0.2, 0.25) is 0 Å². The Morgan fingerprint density at radius 2 is 1.67 bits per heavy atom. The lowest BCUT2D eigenvalue weighted by Crippen LogP contribution is -2.32. The lowest BCUT2D eigenvalue weighted by atomic mass is 10.0. The van der Waals surface area contributed by atoms with Gasteiger partial charge in [-0.25, -0.2) is 4.99 Å². The molecular formula is C33H48N6O2S. The first kappa shape index (κ1) is 33.1. The number of nitrogens with one attached hydrogen (secondary N) is 4. The number of guanidine groups is 1. The topological polar surface area (TPSA) is 116 Å². The van der Waals surface area contributed by atoms with Crippen LogP contribution < -0.4 is 31.7 Å². The van der Waals surface area contributed by atoms with Crippen LogP contribution in [0.3, 0.4) is 0 Å². The van der Waals surface area contributed by atoms with Crippen molar-refractivity contribution < 1.29 is 9.84 Å². The van der Waals surface area contributed by atoms with Crippen LogP contribution in [-0.2, 0) is 12.8 Å². The quantitative estimate of drug-likeness (QED) is 0.0341. The third-order valence-corrected chi connectivity index (χ3v) is 6.74. The third kappa shape index (κ3) is 12.6. The van der Waals surface area contributed by atoms with E-state index in [2.05, 4.69) is 65.7 Å². The average molecular weight is 593 g/mol. The highest BCUT2D eigenvalue weighted by Crippen LogP contribution is 2.27. The molecule has 0 aliphatic rings. The third-order valence-electron chi connectivity index (χ3n) is 6.56. The molecule has 0 saturated carbocycles. The van der Waals surface area contributed by atoms with Gasteiger partial charge in [-0.1, -0.05) is 32.0 Å². The Bertz CT molecular complexity index is 1250. The number of thiol groups is 1. The van der Waals surface area contributed by atoms with E-state index >= 15 is 0 Å². The summed E-state index contributed by atoms with van der Waals surface area (Å²) in [4.78, 5) is 4.48. The fourth-order valence-corrected chi connectivity index (χ4v) is 4.59. The zero-order valence-electron chi connectivity index (χ0n) is 25.4. The Balaban J connectivity index is 1.48. The maximum Gasteiger partial charge on any atom is 0.193 e. The van der Waals surface area contributed by atoms with E-state index in [-0.39, 0.29) is 11.4 Å². The number of benzene rings is 3. The number of hydrogen-bond acceptors (Lipinski definition) is 7. The highest BCUT2D eigenvalue weighted by atomic mass is 32.1. The Labute approximate surface area is 257 Å². The SMILES string of the molecule is CC(C)NCCCCN/C(N)=N\c1cccc(Oc2ccc(NC(C)Cc3cc(CCNC(C)S)ccc3O)cc2)c1. The molecule has 0 amide bonds. The minimum Gasteiger partial charge on any atom is -0.508 e. The van der Waals surface area contributed by atoms with Crippen molar-refractivity contribution in [2.75, 3.05) is 25.0 Å². The number of aromatic hydroxyl groups is 1. The van der Waals surface area contributed by atoms with E-state index < -0.39 is 0 Å². The minimum absolute atomic E-state index is 0.124. The van der Waals surface area contributed by atoms with Crippen LogP contribution in [0.5, 0.6) is 17.2 Å². The number of hydrogen-bond donors (Lipinski definition) is 7. The summed E-state index contributed by atoms with van der Waals surface area (Å²) in [7, 11) is 0. The van der Waals surface area contributed by atoms with Crippen LogP contribution in [0.25, 0.3) is 0 Å². The maximum atomic E-state index is 10.4. The van der Waals surface area contributed by atoms with E-state index in [4.69, 9.17) is 10.5 Å². The van der Waals surface area contributed by atoms with Crippen molar-refractivity contribution >= 4 is 30.0 Å². The summed E-state index contributed by atoms with van der Waals surface area (Å²) in [6, 6.07) is 21.9. The van der Waals surface area contributed by atoms with Crippen LogP contribution in [0.4, 0.5) is 11.4 Å². The molecular weight excluding hydrogens is 544 g/mol. The molecule has 0 aromatic heterocycles. The average Bonchev–Trinajstić information content (AvgIpc) is 2.93. The lowest BCUT2D eigenvalue weighted by Gasteiger charge is -2.17. The number of phenols is 1. The Morgan fingerprint density at radius 1 is 0.905 bits per heavy atom. The van der Waals surface area contributed by atoms with Gasteiger partial charge in [0.05, 0.1) is 5.69 Å². The standard InChI is InChI=1S/C33H48N6O2S/c1-23(2)35-17-5-6-18-37-33(34)39-29-8-7-9-31(22-29)41-30-13-11-28(12-14-30)38-24(3)20-27-21-26(10-15-32(27)40)16-19-36-25(4)42/h7-15,21-25,35-36,38,40,42H,5-6,16-20H2,1-4H3,(H3,34,37,39). The van der Waals surface area contributed by atoms with E-state index in [9.17, 15) is 5.11 Å². The molecule has 0 fully saturated rings. The van der Waals surface area contributed by atoms with E-state index in [0.717, 1.165) is 61.6 Å². The van der Waals surface area contributed by atoms with Crippen LogP contribution in [0, 0.1) is 0 Å². The molecule has 7 N–H and O–H groups in total. The summed E-state index contributed by atoms with van der Waals surface area (Å²) < 4.78 is 6.07. The van der Waals surface area contributed by atoms with Crippen molar-refractivity contribution in [3.8, 4) is 17.2 Å². The molecule has 0 bridgehead atoms. The van der Waals surface area contributed by atoms with Gasteiger partial charge < -0.3 is 36.8 Å². The first-order chi connectivity index (χ1) is 20.2. The first-order valence-electron chi connectivity index (χ1n) is 14.9. The van der Waals surface area contributed by atoms with Gasteiger partial charge in [0.15, 0.2) is 5.96 Å². The summed E-state index contributed by atoms with van der Waals surface area (Å²) in [6.07, 6.45) is 3.70. The number of ether oxygens (including phenoxy) is 1. The van der Waals surface area contributed by atoms with Crippen LogP contribution in [0.15, 0.2) is 71.7 Å². The van der Waals surface area contributed by atoms with E-state index in [1.165, 1.54) is 5.56 Å². The monoisotopic (exact) mass is 592 g/mol. The summed E-state index contributed by atoms with van der Waals surface area (Å²) in [5, 5.41) is 24.0. The molecule has 0 spiro atoms. The highest BCUT2D eigenvalue weighted by Gasteiger charge is 2.10. The zero-order chi connectivity index (χ0) is 30.3.